The van der Waals surface area contributed by atoms with Gasteiger partial charge in [0.05, 0.1) is 16.3 Å². The highest BCUT2D eigenvalue weighted by Crippen LogP contribution is 2.32. The number of aliphatic hydroxyl groups excluding tert-OH is 1. The average Bonchev–Trinajstić information content (AvgIpc) is 2.93. The lowest BCUT2D eigenvalue weighted by molar-refractivity contribution is 0.199. The van der Waals surface area contributed by atoms with Gasteiger partial charge >= 0.3 is 0 Å². The summed E-state index contributed by atoms with van der Waals surface area (Å²) in [6.45, 7) is 2.60. The lowest BCUT2D eigenvalue weighted by atomic mass is 9.97. The van der Waals surface area contributed by atoms with Crippen LogP contribution in [0.3, 0.4) is 0 Å². The normalized spacial score (nSPS) is 22.9. The topological polar surface area (TPSA) is 66.4 Å². The SMILES string of the molecule is CCS(=O)(=O)c1ccccc1NCC1CCCC1CO. The number of nitrogens with one attached hydrogen (secondary N) is 1. The van der Waals surface area contributed by atoms with Gasteiger partial charge in [0.15, 0.2) is 9.84 Å². The molecule has 4 nitrogen and oxygen atoms in total. The second kappa shape index (κ2) is 6.59. The maximum absolute atomic E-state index is 12.1. The number of hydrogen-bond acceptors (Lipinski definition) is 4. The van der Waals surface area contributed by atoms with Crippen molar-refractivity contribution >= 4 is 15.5 Å². The van der Waals surface area contributed by atoms with E-state index in [2.05, 4.69) is 5.32 Å². The largest absolute Gasteiger partial charge is 0.396 e. The van der Waals surface area contributed by atoms with Gasteiger partial charge in [-0.3, -0.25) is 0 Å². The number of anilines is 1. The lowest BCUT2D eigenvalue weighted by Crippen LogP contribution is -2.21. The summed E-state index contributed by atoms with van der Waals surface area (Å²) in [5, 5.41) is 12.6. The Morgan fingerprint density at radius 2 is 1.95 bits per heavy atom. The zero-order chi connectivity index (χ0) is 14.6. The zero-order valence-electron chi connectivity index (χ0n) is 11.9. The van der Waals surface area contributed by atoms with Crippen LogP contribution in [0.15, 0.2) is 29.2 Å². The number of para-hydroxylation sites is 1. The smallest absolute Gasteiger partial charge is 0.180 e. The van der Waals surface area contributed by atoms with Crippen LogP contribution in [0.1, 0.15) is 26.2 Å². The quantitative estimate of drug-likeness (QED) is 0.845. The minimum atomic E-state index is -3.21. The van der Waals surface area contributed by atoms with Crippen LogP contribution in [-0.2, 0) is 9.84 Å². The molecule has 0 heterocycles. The summed E-state index contributed by atoms with van der Waals surface area (Å²) in [7, 11) is -3.21. The molecular formula is C15H23NO3S. The van der Waals surface area contributed by atoms with Gasteiger partial charge in [0.25, 0.3) is 0 Å². The van der Waals surface area contributed by atoms with E-state index in [9.17, 15) is 13.5 Å². The van der Waals surface area contributed by atoms with Gasteiger partial charge in [-0.2, -0.15) is 0 Å². The van der Waals surface area contributed by atoms with Crippen LogP contribution in [0.2, 0.25) is 0 Å². The molecule has 0 spiro atoms. The molecule has 1 aromatic rings. The van der Waals surface area contributed by atoms with E-state index >= 15 is 0 Å². The van der Waals surface area contributed by atoms with Crippen LogP contribution in [0.4, 0.5) is 5.69 Å². The zero-order valence-corrected chi connectivity index (χ0v) is 12.7. The molecule has 5 heteroatoms. The number of sulfone groups is 1. The van der Waals surface area contributed by atoms with Crippen molar-refractivity contribution in [1.29, 1.82) is 0 Å². The highest BCUT2D eigenvalue weighted by molar-refractivity contribution is 7.91. The molecule has 112 valence electrons. The molecule has 1 aromatic carbocycles. The van der Waals surface area contributed by atoms with Crippen LogP contribution in [0.5, 0.6) is 0 Å². The molecule has 20 heavy (non-hydrogen) atoms. The summed E-state index contributed by atoms with van der Waals surface area (Å²) in [6, 6.07) is 7.06. The van der Waals surface area contributed by atoms with Crippen molar-refractivity contribution in [3.8, 4) is 0 Å². The third-order valence-electron chi connectivity index (χ3n) is 4.21. The van der Waals surface area contributed by atoms with Crippen LogP contribution < -0.4 is 5.32 Å². The molecule has 2 atom stereocenters. The van der Waals surface area contributed by atoms with Crippen LogP contribution in [-0.4, -0.2) is 32.4 Å². The summed E-state index contributed by atoms with van der Waals surface area (Å²) < 4.78 is 24.1. The number of hydrogen-bond donors (Lipinski definition) is 2. The molecule has 0 aromatic heterocycles. The Kier molecular flexibility index (Phi) is 5.05. The van der Waals surface area contributed by atoms with Crippen LogP contribution in [0, 0.1) is 11.8 Å². The maximum atomic E-state index is 12.1. The van der Waals surface area contributed by atoms with E-state index in [4.69, 9.17) is 0 Å². The molecule has 1 aliphatic rings. The predicted molar refractivity (Wildman–Crippen MR) is 80.6 cm³/mol. The van der Waals surface area contributed by atoms with Crippen molar-refractivity contribution in [2.24, 2.45) is 11.8 Å². The number of aliphatic hydroxyl groups is 1. The van der Waals surface area contributed by atoms with E-state index in [0.29, 0.717) is 22.4 Å². The van der Waals surface area contributed by atoms with Crippen molar-refractivity contribution in [2.45, 2.75) is 31.1 Å². The molecule has 2 N–H and O–H groups in total. The fourth-order valence-electron chi connectivity index (χ4n) is 2.90. The molecule has 1 fully saturated rings. The summed E-state index contributed by atoms with van der Waals surface area (Å²) in [5.74, 6) is 0.879. The van der Waals surface area contributed by atoms with Crippen molar-refractivity contribution < 1.29 is 13.5 Å². The Morgan fingerprint density at radius 3 is 2.65 bits per heavy atom. The predicted octanol–water partition coefficient (Wildman–Crippen LogP) is 2.30. The number of benzene rings is 1. The van der Waals surface area contributed by atoms with E-state index in [1.807, 2.05) is 12.1 Å². The minimum absolute atomic E-state index is 0.106. The summed E-state index contributed by atoms with van der Waals surface area (Å²) in [4.78, 5) is 0.376. The molecule has 0 radical (unpaired) electrons. The minimum Gasteiger partial charge on any atom is -0.396 e. The fraction of sp³-hybridized carbons (Fsp3) is 0.600. The first-order valence-corrected chi connectivity index (χ1v) is 8.90. The van der Waals surface area contributed by atoms with Crippen molar-refractivity contribution in [3.63, 3.8) is 0 Å². The van der Waals surface area contributed by atoms with Gasteiger partial charge in [-0.15, -0.1) is 0 Å². The molecule has 1 saturated carbocycles. The van der Waals surface area contributed by atoms with Gasteiger partial charge in [-0.1, -0.05) is 25.5 Å². The third kappa shape index (κ3) is 3.33. The second-order valence-corrected chi connectivity index (χ2v) is 7.66. The molecule has 1 aliphatic carbocycles. The molecule has 0 saturated heterocycles. The Balaban J connectivity index is 2.10. The summed E-state index contributed by atoms with van der Waals surface area (Å²) in [5.41, 5.74) is 0.679. The molecule has 0 aliphatic heterocycles. The molecule has 0 bridgehead atoms. The van der Waals surface area contributed by atoms with Crippen LogP contribution >= 0.6 is 0 Å². The number of rotatable bonds is 6. The van der Waals surface area contributed by atoms with Gasteiger partial charge < -0.3 is 10.4 Å². The van der Waals surface area contributed by atoms with E-state index in [1.165, 1.54) is 0 Å². The average molecular weight is 297 g/mol. The summed E-state index contributed by atoms with van der Waals surface area (Å²) in [6.07, 6.45) is 3.31. The Labute approximate surface area is 121 Å². The molecule has 0 amide bonds. The second-order valence-electron chi connectivity index (χ2n) is 5.41. The third-order valence-corrected chi connectivity index (χ3v) is 5.99. The molecule has 2 rings (SSSR count). The molecular weight excluding hydrogens is 274 g/mol. The standard InChI is InChI=1S/C15H23NO3S/c1-2-20(18,19)15-9-4-3-8-14(15)16-10-12-6-5-7-13(12)11-17/h3-4,8-9,12-13,16-17H,2,5-7,10-11H2,1H3. The lowest BCUT2D eigenvalue weighted by Gasteiger charge is -2.19. The molecule has 2 unspecified atom stereocenters. The monoisotopic (exact) mass is 297 g/mol. The van der Waals surface area contributed by atoms with Crippen molar-refractivity contribution in [3.05, 3.63) is 24.3 Å². The van der Waals surface area contributed by atoms with E-state index < -0.39 is 9.84 Å². The highest BCUT2D eigenvalue weighted by Gasteiger charge is 2.26. The van der Waals surface area contributed by atoms with E-state index in [0.717, 1.165) is 25.8 Å². The van der Waals surface area contributed by atoms with Crippen molar-refractivity contribution in [1.82, 2.24) is 0 Å². The van der Waals surface area contributed by atoms with E-state index in [-0.39, 0.29) is 12.4 Å². The Morgan fingerprint density at radius 1 is 1.25 bits per heavy atom. The van der Waals surface area contributed by atoms with E-state index in [1.54, 1.807) is 19.1 Å². The summed E-state index contributed by atoms with van der Waals surface area (Å²) >= 11 is 0. The van der Waals surface area contributed by atoms with Gasteiger partial charge in [-0.05, 0) is 36.8 Å². The van der Waals surface area contributed by atoms with Crippen LogP contribution in [0.25, 0.3) is 0 Å². The van der Waals surface area contributed by atoms with Gasteiger partial charge in [-0.25, -0.2) is 8.42 Å². The van der Waals surface area contributed by atoms with Gasteiger partial charge in [0.1, 0.15) is 0 Å². The Hall–Kier alpha value is -1.07. The first-order chi connectivity index (χ1) is 9.58. The van der Waals surface area contributed by atoms with Crippen molar-refractivity contribution in [2.75, 3.05) is 24.2 Å². The van der Waals surface area contributed by atoms with Gasteiger partial charge in [0, 0.05) is 13.2 Å². The highest BCUT2D eigenvalue weighted by atomic mass is 32.2. The Bertz CT molecular complexity index is 542. The fourth-order valence-corrected chi connectivity index (χ4v) is 3.98. The van der Waals surface area contributed by atoms with Gasteiger partial charge in [0.2, 0.25) is 0 Å². The first-order valence-electron chi connectivity index (χ1n) is 7.25. The first kappa shape index (κ1) is 15.3. The maximum Gasteiger partial charge on any atom is 0.180 e.